The van der Waals surface area contributed by atoms with Crippen LogP contribution in [-0.4, -0.2) is 43.8 Å². The minimum absolute atomic E-state index is 0.0966. The molecule has 0 spiro atoms. The summed E-state index contributed by atoms with van der Waals surface area (Å²) in [5.41, 5.74) is 1.45. The van der Waals surface area contributed by atoms with Crippen molar-refractivity contribution in [3.05, 3.63) is 47.8 Å². The van der Waals surface area contributed by atoms with Gasteiger partial charge in [0.2, 0.25) is 10.0 Å². The molecule has 1 aromatic carbocycles. The Kier molecular flexibility index (Phi) is 6.33. The summed E-state index contributed by atoms with van der Waals surface area (Å²) in [7, 11) is -2.19. The highest BCUT2D eigenvalue weighted by atomic mass is 32.2. The van der Waals surface area contributed by atoms with Crippen LogP contribution in [0.4, 0.5) is 5.69 Å². The normalized spacial score (nSPS) is 11.4. The number of aryl methyl sites for hydroxylation is 1. The number of carbonyl (C=O) groups is 1. The second-order valence-electron chi connectivity index (χ2n) is 5.59. The first-order valence-electron chi connectivity index (χ1n) is 8.25. The van der Waals surface area contributed by atoms with Crippen molar-refractivity contribution in [1.82, 2.24) is 9.29 Å². The first-order chi connectivity index (χ1) is 12.3. The van der Waals surface area contributed by atoms with Crippen LogP contribution in [0.15, 0.2) is 41.4 Å². The molecule has 0 aliphatic rings. The van der Waals surface area contributed by atoms with E-state index in [1.165, 1.54) is 35.8 Å². The second-order valence-corrected chi connectivity index (χ2v) is 7.53. The SMILES string of the molecule is CCN(CC)S(=O)(=O)c1ccc(OC)c(NC(=O)c2ccc(C)nc2)c1. The third-order valence-corrected chi connectivity index (χ3v) is 5.98. The number of nitrogens with zero attached hydrogens (tertiary/aromatic N) is 2. The van der Waals surface area contributed by atoms with Crippen LogP contribution < -0.4 is 10.1 Å². The number of nitrogens with one attached hydrogen (secondary N) is 1. The van der Waals surface area contributed by atoms with E-state index in [1.807, 2.05) is 6.92 Å². The predicted octanol–water partition coefficient (Wildman–Crippen LogP) is 2.68. The number of pyridine rings is 1. The molecule has 0 saturated carbocycles. The number of anilines is 1. The molecule has 140 valence electrons. The number of aromatic nitrogens is 1. The van der Waals surface area contributed by atoms with Gasteiger partial charge in [-0.1, -0.05) is 13.8 Å². The lowest BCUT2D eigenvalue weighted by Crippen LogP contribution is -2.30. The number of carbonyl (C=O) groups excluding carboxylic acids is 1. The molecule has 0 saturated heterocycles. The van der Waals surface area contributed by atoms with Gasteiger partial charge >= 0.3 is 0 Å². The van der Waals surface area contributed by atoms with Gasteiger partial charge in [-0.25, -0.2) is 8.42 Å². The van der Waals surface area contributed by atoms with Crippen LogP contribution in [0.3, 0.4) is 0 Å². The van der Waals surface area contributed by atoms with E-state index in [2.05, 4.69) is 10.3 Å². The Morgan fingerprint density at radius 3 is 2.42 bits per heavy atom. The van der Waals surface area contributed by atoms with Gasteiger partial charge in [0.05, 0.1) is 23.3 Å². The van der Waals surface area contributed by atoms with Gasteiger partial charge in [-0.2, -0.15) is 4.31 Å². The lowest BCUT2D eigenvalue weighted by Gasteiger charge is -2.19. The van der Waals surface area contributed by atoms with Gasteiger partial charge in [0.25, 0.3) is 5.91 Å². The molecule has 26 heavy (non-hydrogen) atoms. The van der Waals surface area contributed by atoms with Crippen molar-refractivity contribution in [1.29, 1.82) is 0 Å². The van der Waals surface area contributed by atoms with Crippen LogP contribution in [0.25, 0.3) is 0 Å². The maximum absolute atomic E-state index is 12.7. The fourth-order valence-electron chi connectivity index (χ4n) is 2.45. The van der Waals surface area contributed by atoms with E-state index in [-0.39, 0.29) is 10.6 Å². The smallest absolute Gasteiger partial charge is 0.257 e. The molecule has 1 N–H and O–H groups in total. The zero-order chi connectivity index (χ0) is 19.3. The van der Waals surface area contributed by atoms with Crippen LogP contribution in [0.1, 0.15) is 29.9 Å². The minimum Gasteiger partial charge on any atom is -0.495 e. The van der Waals surface area contributed by atoms with E-state index in [9.17, 15) is 13.2 Å². The van der Waals surface area contributed by atoms with Crippen molar-refractivity contribution in [2.45, 2.75) is 25.7 Å². The first-order valence-corrected chi connectivity index (χ1v) is 9.69. The third kappa shape index (κ3) is 4.20. The summed E-state index contributed by atoms with van der Waals surface area (Å²) >= 11 is 0. The number of hydrogen-bond donors (Lipinski definition) is 1. The number of rotatable bonds is 7. The second kappa shape index (κ2) is 8.29. The Morgan fingerprint density at radius 1 is 1.19 bits per heavy atom. The number of amides is 1. The summed E-state index contributed by atoms with van der Waals surface area (Å²) in [4.78, 5) is 16.6. The Balaban J connectivity index is 2.38. The van der Waals surface area contributed by atoms with Gasteiger partial charge in [0.15, 0.2) is 0 Å². The van der Waals surface area contributed by atoms with Crippen LogP contribution in [0.2, 0.25) is 0 Å². The van der Waals surface area contributed by atoms with Gasteiger partial charge < -0.3 is 10.1 Å². The Hall–Kier alpha value is -2.45. The lowest BCUT2D eigenvalue weighted by molar-refractivity contribution is 0.102. The average Bonchev–Trinajstić information content (AvgIpc) is 2.63. The molecule has 0 fully saturated rings. The quantitative estimate of drug-likeness (QED) is 0.801. The molecule has 1 amide bonds. The highest BCUT2D eigenvalue weighted by Crippen LogP contribution is 2.29. The van der Waals surface area contributed by atoms with Crippen molar-refractivity contribution in [2.24, 2.45) is 0 Å². The Bertz CT molecular complexity index is 876. The maximum Gasteiger partial charge on any atom is 0.257 e. The fraction of sp³-hybridized carbons (Fsp3) is 0.333. The molecule has 1 heterocycles. The summed E-state index contributed by atoms with van der Waals surface area (Å²) in [5, 5.41) is 2.70. The number of hydrogen-bond acceptors (Lipinski definition) is 5. The summed E-state index contributed by atoms with van der Waals surface area (Å²) in [6, 6.07) is 7.79. The highest BCUT2D eigenvalue weighted by molar-refractivity contribution is 7.89. The molecule has 2 aromatic rings. The molecule has 2 rings (SSSR count). The van der Waals surface area contributed by atoms with E-state index in [4.69, 9.17) is 4.74 Å². The molecule has 1 aromatic heterocycles. The van der Waals surface area contributed by atoms with Crippen molar-refractivity contribution >= 4 is 21.6 Å². The van der Waals surface area contributed by atoms with Gasteiger partial charge in [0, 0.05) is 25.0 Å². The molecule has 0 aliphatic heterocycles. The summed E-state index contributed by atoms with van der Waals surface area (Å²) in [5.74, 6) is -0.0231. The van der Waals surface area contributed by atoms with Crippen molar-refractivity contribution in [3.63, 3.8) is 0 Å². The molecule has 0 radical (unpaired) electrons. The largest absolute Gasteiger partial charge is 0.495 e. The van der Waals surface area contributed by atoms with E-state index >= 15 is 0 Å². The minimum atomic E-state index is -3.64. The number of sulfonamides is 1. The van der Waals surface area contributed by atoms with E-state index < -0.39 is 15.9 Å². The highest BCUT2D eigenvalue weighted by Gasteiger charge is 2.23. The average molecular weight is 377 g/mol. The van der Waals surface area contributed by atoms with Crippen molar-refractivity contribution in [3.8, 4) is 5.75 Å². The molecule has 7 nitrogen and oxygen atoms in total. The fourth-order valence-corrected chi connectivity index (χ4v) is 3.94. The number of benzene rings is 1. The molecule has 0 aliphatic carbocycles. The summed E-state index contributed by atoms with van der Waals surface area (Å²) in [6.07, 6.45) is 1.47. The molecular weight excluding hydrogens is 354 g/mol. The lowest BCUT2D eigenvalue weighted by atomic mass is 10.2. The van der Waals surface area contributed by atoms with E-state index in [0.717, 1.165) is 5.69 Å². The molecule has 0 unspecified atom stereocenters. The van der Waals surface area contributed by atoms with Gasteiger partial charge in [-0.05, 0) is 37.3 Å². The molecular formula is C18H23N3O4S. The van der Waals surface area contributed by atoms with Crippen molar-refractivity contribution < 1.29 is 17.9 Å². The number of methoxy groups -OCH3 is 1. The summed E-state index contributed by atoms with van der Waals surface area (Å²) < 4.78 is 32.0. The van der Waals surface area contributed by atoms with Crippen LogP contribution in [0, 0.1) is 6.92 Å². The number of ether oxygens (including phenoxy) is 1. The molecule has 8 heteroatoms. The predicted molar refractivity (Wildman–Crippen MR) is 100 cm³/mol. The zero-order valence-electron chi connectivity index (χ0n) is 15.3. The van der Waals surface area contributed by atoms with Crippen LogP contribution in [-0.2, 0) is 10.0 Å². The first kappa shape index (κ1) is 19.9. The zero-order valence-corrected chi connectivity index (χ0v) is 16.1. The van der Waals surface area contributed by atoms with Gasteiger partial charge in [0.1, 0.15) is 5.75 Å². The van der Waals surface area contributed by atoms with Crippen LogP contribution in [0.5, 0.6) is 5.75 Å². The van der Waals surface area contributed by atoms with Crippen LogP contribution >= 0.6 is 0 Å². The van der Waals surface area contributed by atoms with Crippen molar-refractivity contribution in [2.75, 3.05) is 25.5 Å². The topological polar surface area (TPSA) is 88.6 Å². The molecule has 0 atom stereocenters. The molecule has 0 bridgehead atoms. The van der Waals surface area contributed by atoms with E-state index in [0.29, 0.717) is 24.4 Å². The standard InChI is InChI=1S/C18H23N3O4S/c1-5-21(6-2)26(23,24)15-9-10-17(25-4)16(11-15)20-18(22)14-8-7-13(3)19-12-14/h7-12H,5-6H2,1-4H3,(H,20,22). The van der Waals surface area contributed by atoms with Gasteiger partial charge in [-0.15, -0.1) is 0 Å². The monoisotopic (exact) mass is 377 g/mol. The Morgan fingerprint density at radius 2 is 1.88 bits per heavy atom. The summed E-state index contributed by atoms with van der Waals surface area (Å²) in [6.45, 7) is 6.10. The van der Waals surface area contributed by atoms with E-state index in [1.54, 1.807) is 26.0 Å². The van der Waals surface area contributed by atoms with Gasteiger partial charge in [-0.3, -0.25) is 9.78 Å². The third-order valence-electron chi connectivity index (χ3n) is 3.94. The Labute approximate surface area is 154 Å². The maximum atomic E-state index is 12.7.